The summed E-state index contributed by atoms with van der Waals surface area (Å²) in [6.45, 7) is 4.23. The van der Waals surface area contributed by atoms with Crippen molar-refractivity contribution in [3.63, 3.8) is 0 Å². The van der Waals surface area contributed by atoms with Crippen molar-refractivity contribution in [1.29, 1.82) is 0 Å². The molecule has 2 aromatic carbocycles. The van der Waals surface area contributed by atoms with Crippen LogP contribution in [-0.2, 0) is 22.6 Å². The standard InChI is InChI=1S/C24H26N2O5/c1-17-22(18(2)31-26-17)15-29-21-12-10-20(11-13-21)24(28)30-16-23(27)25-14-6-9-19-7-4-3-5-8-19/h3-5,7-8,10-13H,6,9,14-16H2,1-2H3,(H,25,27). The highest BCUT2D eigenvalue weighted by molar-refractivity contribution is 5.91. The Balaban J connectivity index is 1.36. The predicted molar refractivity (Wildman–Crippen MR) is 115 cm³/mol. The van der Waals surface area contributed by atoms with Crippen molar-refractivity contribution in [3.05, 3.63) is 82.7 Å². The molecule has 162 valence electrons. The van der Waals surface area contributed by atoms with E-state index in [1.54, 1.807) is 24.3 Å². The van der Waals surface area contributed by atoms with Gasteiger partial charge in [0, 0.05) is 6.54 Å². The van der Waals surface area contributed by atoms with E-state index in [2.05, 4.69) is 22.6 Å². The number of ether oxygens (including phenoxy) is 2. The first kappa shape index (κ1) is 22.1. The number of benzene rings is 2. The average molecular weight is 422 g/mol. The molecule has 0 aliphatic rings. The molecular weight excluding hydrogens is 396 g/mol. The van der Waals surface area contributed by atoms with E-state index >= 15 is 0 Å². The first-order chi connectivity index (χ1) is 15.0. The first-order valence-corrected chi connectivity index (χ1v) is 10.2. The van der Waals surface area contributed by atoms with Gasteiger partial charge in [-0.2, -0.15) is 0 Å². The Morgan fingerprint density at radius 3 is 2.45 bits per heavy atom. The van der Waals surface area contributed by atoms with E-state index in [0.29, 0.717) is 24.5 Å². The minimum Gasteiger partial charge on any atom is -0.489 e. The highest BCUT2D eigenvalue weighted by atomic mass is 16.5. The third kappa shape index (κ3) is 6.70. The zero-order valence-corrected chi connectivity index (χ0v) is 17.7. The maximum absolute atomic E-state index is 12.1. The van der Waals surface area contributed by atoms with Crippen LogP contribution in [0.5, 0.6) is 5.75 Å². The Labute approximate surface area is 181 Å². The van der Waals surface area contributed by atoms with E-state index in [-0.39, 0.29) is 12.5 Å². The monoisotopic (exact) mass is 422 g/mol. The molecule has 0 fully saturated rings. The minimum absolute atomic E-state index is 0.311. The summed E-state index contributed by atoms with van der Waals surface area (Å²) in [7, 11) is 0. The van der Waals surface area contributed by atoms with Gasteiger partial charge < -0.3 is 19.3 Å². The van der Waals surface area contributed by atoms with Crippen LogP contribution >= 0.6 is 0 Å². The van der Waals surface area contributed by atoms with Crippen LogP contribution in [0.3, 0.4) is 0 Å². The van der Waals surface area contributed by atoms with E-state index in [9.17, 15) is 9.59 Å². The van der Waals surface area contributed by atoms with E-state index in [1.165, 1.54) is 5.56 Å². The molecule has 0 aliphatic heterocycles. The number of carbonyl (C=O) groups is 2. The van der Waals surface area contributed by atoms with Gasteiger partial charge in [-0.1, -0.05) is 35.5 Å². The Kier molecular flexibility index (Phi) is 7.81. The Hall–Kier alpha value is -3.61. The van der Waals surface area contributed by atoms with Gasteiger partial charge in [-0.25, -0.2) is 4.79 Å². The van der Waals surface area contributed by atoms with Crippen LogP contribution in [0, 0.1) is 13.8 Å². The Morgan fingerprint density at radius 1 is 1.03 bits per heavy atom. The molecule has 0 saturated heterocycles. The topological polar surface area (TPSA) is 90.7 Å². The first-order valence-electron chi connectivity index (χ1n) is 10.2. The summed E-state index contributed by atoms with van der Waals surface area (Å²) in [6, 6.07) is 16.6. The predicted octanol–water partition coefficient (Wildman–Crippen LogP) is 3.78. The lowest BCUT2D eigenvalue weighted by Gasteiger charge is -2.08. The van der Waals surface area contributed by atoms with Crippen molar-refractivity contribution in [2.45, 2.75) is 33.3 Å². The number of nitrogens with one attached hydrogen (secondary N) is 1. The molecule has 1 heterocycles. The molecule has 0 spiro atoms. The lowest BCUT2D eigenvalue weighted by molar-refractivity contribution is -0.124. The maximum Gasteiger partial charge on any atom is 0.338 e. The summed E-state index contributed by atoms with van der Waals surface area (Å²) in [5.74, 6) is 0.446. The van der Waals surface area contributed by atoms with Gasteiger partial charge in [-0.3, -0.25) is 4.79 Å². The molecule has 0 atom stereocenters. The molecule has 7 nitrogen and oxygen atoms in total. The number of carbonyl (C=O) groups excluding carboxylic acids is 2. The van der Waals surface area contributed by atoms with Crippen molar-refractivity contribution < 1.29 is 23.6 Å². The average Bonchev–Trinajstić information content (AvgIpc) is 3.12. The van der Waals surface area contributed by atoms with Crippen molar-refractivity contribution in [3.8, 4) is 5.75 Å². The summed E-state index contributed by atoms with van der Waals surface area (Å²) < 4.78 is 15.9. The lowest BCUT2D eigenvalue weighted by Crippen LogP contribution is -2.29. The number of nitrogens with zero attached hydrogens (tertiary/aromatic N) is 1. The van der Waals surface area contributed by atoms with Crippen LogP contribution in [0.1, 0.15) is 39.4 Å². The molecule has 0 unspecified atom stereocenters. The van der Waals surface area contributed by atoms with Gasteiger partial charge in [0.15, 0.2) is 6.61 Å². The fraction of sp³-hybridized carbons (Fsp3) is 0.292. The van der Waals surface area contributed by atoms with Crippen LogP contribution in [-0.4, -0.2) is 30.2 Å². The minimum atomic E-state index is -0.559. The fourth-order valence-corrected chi connectivity index (χ4v) is 2.98. The molecule has 3 aromatic rings. The van der Waals surface area contributed by atoms with Gasteiger partial charge >= 0.3 is 5.97 Å². The number of rotatable bonds is 10. The molecule has 0 radical (unpaired) electrons. The summed E-state index contributed by atoms with van der Waals surface area (Å²) in [5.41, 5.74) is 3.26. The van der Waals surface area contributed by atoms with Crippen molar-refractivity contribution in [1.82, 2.24) is 10.5 Å². The summed E-state index contributed by atoms with van der Waals surface area (Å²) in [5, 5.41) is 6.65. The molecule has 1 amide bonds. The second-order valence-corrected chi connectivity index (χ2v) is 7.13. The zero-order valence-electron chi connectivity index (χ0n) is 17.7. The van der Waals surface area contributed by atoms with Crippen molar-refractivity contribution in [2.24, 2.45) is 0 Å². The van der Waals surface area contributed by atoms with Crippen LogP contribution < -0.4 is 10.1 Å². The Bertz CT molecular complexity index is 977. The molecule has 0 aliphatic carbocycles. The van der Waals surface area contributed by atoms with Crippen molar-refractivity contribution >= 4 is 11.9 Å². The second-order valence-electron chi connectivity index (χ2n) is 7.13. The van der Waals surface area contributed by atoms with Gasteiger partial charge in [0.2, 0.25) is 0 Å². The van der Waals surface area contributed by atoms with E-state index in [4.69, 9.17) is 14.0 Å². The molecule has 3 rings (SSSR count). The summed E-state index contributed by atoms with van der Waals surface area (Å²) in [4.78, 5) is 24.0. The van der Waals surface area contributed by atoms with Crippen LogP contribution in [0.2, 0.25) is 0 Å². The molecule has 31 heavy (non-hydrogen) atoms. The van der Waals surface area contributed by atoms with Crippen LogP contribution in [0.4, 0.5) is 0 Å². The lowest BCUT2D eigenvalue weighted by atomic mass is 10.1. The smallest absolute Gasteiger partial charge is 0.338 e. The highest BCUT2D eigenvalue weighted by Crippen LogP contribution is 2.18. The molecule has 0 saturated carbocycles. The van der Waals surface area contributed by atoms with Gasteiger partial charge in [0.1, 0.15) is 18.1 Å². The van der Waals surface area contributed by atoms with E-state index < -0.39 is 5.97 Å². The van der Waals surface area contributed by atoms with Gasteiger partial charge in [0.05, 0.1) is 16.8 Å². The molecule has 7 heteroatoms. The summed E-state index contributed by atoms with van der Waals surface area (Å²) >= 11 is 0. The number of hydrogen-bond donors (Lipinski definition) is 1. The van der Waals surface area contributed by atoms with Crippen LogP contribution in [0.15, 0.2) is 59.1 Å². The zero-order chi connectivity index (χ0) is 22.1. The van der Waals surface area contributed by atoms with E-state index in [1.807, 2.05) is 32.0 Å². The quantitative estimate of drug-likeness (QED) is 0.395. The number of aryl methyl sites for hydroxylation is 3. The highest BCUT2D eigenvalue weighted by Gasteiger charge is 2.12. The molecule has 1 aromatic heterocycles. The van der Waals surface area contributed by atoms with Crippen molar-refractivity contribution in [2.75, 3.05) is 13.2 Å². The maximum atomic E-state index is 12.1. The fourth-order valence-electron chi connectivity index (χ4n) is 2.98. The Morgan fingerprint density at radius 2 is 1.77 bits per heavy atom. The van der Waals surface area contributed by atoms with Gasteiger partial charge in [-0.05, 0) is 56.5 Å². The van der Waals surface area contributed by atoms with Gasteiger partial charge in [-0.15, -0.1) is 0 Å². The van der Waals surface area contributed by atoms with Gasteiger partial charge in [0.25, 0.3) is 5.91 Å². The third-order valence-corrected chi connectivity index (χ3v) is 4.80. The number of aromatic nitrogens is 1. The normalized spacial score (nSPS) is 10.5. The van der Waals surface area contributed by atoms with Crippen LogP contribution in [0.25, 0.3) is 0 Å². The number of amides is 1. The summed E-state index contributed by atoms with van der Waals surface area (Å²) in [6.07, 6.45) is 1.70. The molecule has 1 N–H and O–H groups in total. The molecule has 0 bridgehead atoms. The third-order valence-electron chi connectivity index (χ3n) is 4.80. The van der Waals surface area contributed by atoms with E-state index in [0.717, 1.165) is 29.9 Å². The number of esters is 1. The SMILES string of the molecule is Cc1noc(C)c1COc1ccc(C(=O)OCC(=O)NCCCc2ccccc2)cc1. The molecular formula is C24H26N2O5. The second kappa shape index (κ2) is 11.0. The largest absolute Gasteiger partial charge is 0.489 e. The number of hydrogen-bond acceptors (Lipinski definition) is 6.